The van der Waals surface area contributed by atoms with Gasteiger partial charge in [0, 0.05) is 13.0 Å². The van der Waals surface area contributed by atoms with Crippen LogP contribution in [0.2, 0.25) is 0 Å². The van der Waals surface area contributed by atoms with Gasteiger partial charge in [0.25, 0.3) is 0 Å². The van der Waals surface area contributed by atoms with Gasteiger partial charge in [0.05, 0.1) is 6.04 Å². The molecule has 1 unspecified atom stereocenters. The highest BCUT2D eigenvalue weighted by molar-refractivity contribution is 5.87. The summed E-state index contributed by atoms with van der Waals surface area (Å²) in [6.07, 6.45) is 1.05. The fraction of sp³-hybridized carbons (Fsp3) is 0.235. The molecule has 1 aliphatic heterocycles. The number of benzene rings is 2. The molecule has 0 aliphatic carbocycles. The number of nitrogens with one attached hydrogen (secondary N) is 1. The molecule has 1 heterocycles. The molecule has 0 saturated heterocycles. The smallest absolute Gasteiger partial charge is 0.158 e. The molecule has 0 bridgehead atoms. The largest absolute Gasteiger partial charge is 0.303 e. The number of rotatable bonds is 3. The first-order chi connectivity index (χ1) is 9.75. The first kappa shape index (κ1) is 13.0. The van der Waals surface area contributed by atoms with Crippen molar-refractivity contribution in [3.05, 3.63) is 71.0 Å². The third kappa shape index (κ3) is 2.49. The number of halogens is 1. The van der Waals surface area contributed by atoms with Gasteiger partial charge in [-0.2, -0.15) is 0 Å². The van der Waals surface area contributed by atoms with Crippen LogP contribution in [0.1, 0.15) is 22.7 Å². The van der Waals surface area contributed by atoms with Gasteiger partial charge in [-0.1, -0.05) is 42.5 Å². The Labute approximate surface area is 117 Å². The molecule has 102 valence electrons. The Morgan fingerprint density at radius 2 is 1.90 bits per heavy atom. The van der Waals surface area contributed by atoms with Crippen molar-refractivity contribution in [2.75, 3.05) is 6.54 Å². The SMILES string of the molecule is O=C(Cc1ccccc1F)C1NCCc2ccccc21. The second-order valence-corrected chi connectivity index (χ2v) is 5.07. The molecule has 2 aromatic rings. The van der Waals surface area contributed by atoms with E-state index in [1.165, 1.54) is 11.6 Å². The Bertz CT molecular complexity index is 638. The van der Waals surface area contributed by atoms with E-state index in [2.05, 4.69) is 11.4 Å². The molecule has 3 rings (SSSR count). The molecule has 0 spiro atoms. The van der Waals surface area contributed by atoms with Crippen LogP contribution in [0.3, 0.4) is 0 Å². The quantitative estimate of drug-likeness (QED) is 0.928. The van der Waals surface area contributed by atoms with Gasteiger partial charge in [-0.25, -0.2) is 4.39 Å². The van der Waals surface area contributed by atoms with Crippen LogP contribution in [0, 0.1) is 5.82 Å². The minimum Gasteiger partial charge on any atom is -0.303 e. The van der Waals surface area contributed by atoms with Crippen LogP contribution >= 0.6 is 0 Å². The van der Waals surface area contributed by atoms with E-state index in [0.717, 1.165) is 18.5 Å². The Hall–Kier alpha value is -2.00. The zero-order valence-corrected chi connectivity index (χ0v) is 11.1. The lowest BCUT2D eigenvalue weighted by molar-refractivity contribution is -0.120. The molecule has 3 heteroatoms. The van der Waals surface area contributed by atoms with Crippen LogP contribution in [-0.2, 0) is 17.6 Å². The summed E-state index contributed by atoms with van der Waals surface area (Å²) in [4.78, 5) is 12.5. The normalized spacial score (nSPS) is 17.6. The van der Waals surface area contributed by atoms with E-state index in [9.17, 15) is 9.18 Å². The molecule has 1 aliphatic rings. The highest BCUT2D eigenvalue weighted by Gasteiger charge is 2.25. The van der Waals surface area contributed by atoms with Gasteiger partial charge in [-0.15, -0.1) is 0 Å². The van der Waals surface area contributed by atoms with Crippen molar-refractivity contribution in [3.8, 4) is 0 Å². The van der Waals surface area contributed by atoms with Gasteiger partial charge >= 0.3 is 0 Å². The topological polar surface area (TPSA) is 29.1 Å². The highest BCUT2D eigenvalue weighted by Crippen LogP contribution is 2.24. The zero-order valence-electron chi connectivity index (χ0n) is 11.1. The molecular weight excluding hydrogens is 253 g/mol. The minimum atomic E-state index is -0.320. The van der Waals surface area contributed by atoms with E-state index >= 15 is 0 Å². The highest BCUT2D eigenvalue weighted by atomic mass is 19.1. The molecule has 1 N–H and O–H groups in total. The lowest BCUT2D eigenvalue weighted by atomic mass is 9.90. The molecule has 2 nitrogen and oxygen atoms in total. The number of hydrogen-bond donors (Lipinski definition) is 1. The molecule has 1 atom stereocenters. The van der Waals surface area contributed by atoms with Crippen molar-refractivity contribution < 1.29 is 9.18 Å². The van der Waals surface area contributed by atoms with Crippen LogP contribution in [0.5, 0.6) is 0 Å². The van der Waals surface area contributed by atoms with Crippen molar-refractivity contribution in [2.24, 2.45) is 0 Å². The number of fused-ring (bicyclic) bond motifs is 1. The molecule has 0 amide bonds. The summed E-state index contributed by atoms with van der Waals surface area (Å²) in [5, 5.41) is 3.24. The Kier molecular flexibility index (Phi) is 3.61. The Morgan fingerprint density at radius 3 is 2.75 bits per heavy atom. The maximum atomic E-state index is 13.6. The van der Waals surface area contributed by atoms with Crippen LogP contribution in [0.25, 0.3) is 0 Å². The van der Waals surface area contributed by atoms with E-state index in [0.29, 0.717) is 5.56 Å². The predicted molar refractivity (Wildman–Crippen MR) is 76.0 cm³/mol. The fourth-order valence-electron chi connectivity index (χ4n) is 2.72. The molecule has 0 saturated carbocycles. The Morgan fingerprint density at radius 1 is 1.15 bits per heavy atom. The van der Waals surface area contributed by atoms with Gasteiger partial charge in [-0.3, -0.25) is 4.79 Å². The van der Waals surface area contributed by atoms with Crippen molar-refractivity contribution >= 4 is 5.78 Å². The summed E-state index contributed by atoms with van der Waals surface area (Å²) in [6, 6.07) is 14.1. The number of carbonyl (C=O) groups is 1. The molecule has 20 heavy (non-hydrogen) atoms. The van der Waals surface area contributed by atoms with E-state index in [1.807, 2.05) is 18.2 Å². The lowest BCUT2D eigenvalue weighted by Crippen LogP contribution is -2.36. The number of hydrogen-bond acceptors (Lipinski definition) is 2. The maximum absolute atomic E-state index is 13.6. The number of carbonyl (C=O) groups excluding carboxylic acids is 1. The van der Waals surface area contributed by atoms with Crippen molar-refractivity contribution in [3.63, 3.8) is 0 Å². The summed E-state index contributed by atoms with van der Waals surface area (Å²) in [5.41, 5.74) is 2.69. The first-order valence-electron chi connectivity index (χ1n) is 6.83. The molecule has 0 radical (unpaired) electrons. The fourth-order valence-corrected chi connectivity index (χ4v) is 2.72. The maximum Gasteiger partial charge on any atom is 0.158 e. The van der Waals surface area contributed by atoms with E-state index < -0.39 is 0 Å². The summed E-state index contributed by atoms with van der Waals surface area (Å²) < 4.78 is 13.6. The van der Waals surface area contributed by atoms with Crippen LogP contribution in [0.4, 0.5) is 4.39 Å². The average Bonchev–Trinajstić information content (AvgIpc) is 2.49. The molecule has 2 aromatic carbocycles. The first-order valence-corrected chi connectivity index (χ1v) is 6.83. The molecular formula is C17H16FNO. The van der Waals surface area contributed by atoms with Crippen LogP contribution < -0.4 is 5.32 Å². The van der Waals surface area contributed by atoms with Crippen molar-refractivity contribution in [2.45, 2.75) is 18.9 Å². The third-order valence-corrected chi connectivity index (χ3v) is 3.75. The summed E-state index contributed by atoms with van der Waals surface area (Å²) in [7, 11) is 0. The summed E-state index contributed by atoms with van der Waals surface area (Å²) >= 11 is 0. The second-order valence-electron chi connectivity index (χ2n) is 5.07. The molecule has 0 aromatic heterocycles. The van der Waals surface area contributed by atoms with Crippen LogP contribution in [-0.4, -0.2) is 12.3 Å². The van der Waals surface area contributed by atoms with E-state index in [4.69, 9.17) is 0 Å². The standard InChI is InChI=1S/C17H16FNO/c18-15-8-4-2-6-13(15)11-16(20)17-14-7-3-1-5-12(14)9-10-19-17/h1-8,17,19H,9-11H2. The minimum absolute atomic E-state index is 0.0160. The lowest BCUT2D eigenvalue weighted by Gasteiger charge is -2.26. The average molecular weight is 269 g/mol. The zero-order chi connectivity index (χ0) is 13.9. The summed E-state index contributed by atoms with van der Waals surface area (Å²) in [6.45, 7) is 0.782. The second kappa shape index (κ2) is 5.55. The monoisotopic (exact) mass is 269 g/mol. The van der Waals surface area contributed by atoms with Crippen molar-refractivity contribution in [1.29, 1.82) is 0 Å². The molecule has 0 fully saturated rings. The number of ketones is 1. The third-order valence-electron chi connectivity index (χ3n) is 3.75. The van der Waals surface area contributed by atoms with Crippen molar-refractivity contribution in [1.82, 2.24) is 5.32 Å². The Balaban J connectivity index is 1.84. The van der Waals surface area contributed by atoms with Gasteiger partial charge in [-0.05, 0) is 29.2 Å². The van der Waals surface area contributed by atoms with Crippen LogP contribution in [0.15, 0.2) is 48.5 Å². The van der Waals surface area contributed by atoms with Gasteiger partial charge in [0.1, 0.15) is 5.82 Å². The van der Waals surface area contributed by atoms with Gasteiger partial charge in [0.2, 0.25) is 0 Å². The van der Waals surface area contributed by atoms with E-state index in [-0.39, 0.29) is 24.1 Å². The van der Waals surface area contributed by atoms with Gasteiger partial charge in [0.15, 0.2) is 5.78 Å². The van der Waals surface area contributed by atoms with E-state index in [1.54, 1.807) is 18.2 Å². The predicted octanol–water partition coefficient (Wildman–Crippen LogP) is 2.82. The summed E-state index contributed by atoms with van der Waals surface area (Å²) in [5.74, 6) is -0.299. The van der Waals surface area contributed by atoms with Gasteiger partial charge < -0.3 is 5.32 Å². The number of Topliss-reactive ketones (excluding diaryl/α,β-unsaturated/α-hetero) is 1.